The molecule has 2 aromatic rings. The van der Waals surface area contributed by atoms with Crippen molar-refractivity contribution in [1.29, 1.82) is 0 Å². The van der Waals surface area contributed by atoms with Crippen molar-refractivity contribution >= 4 is 23.1 Å². The Labute approximate surface area is 159 Å². The molecule has 0 spiro atoms. The summed E-state index contributed by atoms with van der Waals surface area (Å²) in [6.45, 7) is 4.24. The molecule has 0 N–H and O–H groups in total. The number of ether oxygens (including phenoxy) is 1. The van der Waals surface area contributed by atoms with Crippen LogP contribution in [-0.2, 0) is 9.53 Å². The highest BCUT2D eigenvalue weighted by atomic mass is 35.5. The molecular formula is C23H21ClO2. The first kappa shape index (κ1) is 17.1. The minimum atomic E-state index is -0.102. The molecule has 1 atom stereocenters. The van der Waals surface area contributed by atoms with Crippen molar-refractivity contribution in [3.63, 3.8) is 0 Å². The lowest BCUT2D eigenvalue weighted by Crippen LogP contribution is -2.30. The van der Waals surface area contributed by atoms with Crippen LogP contribution < -0.4 is 0 Å². The zero-order chi connectivity index (χ0) is 18.3. The number of benzene rings is 2. The molecule has 0 aromatic heterocycles. The zero-order valence-corrected chi connectivity index (χ0v) is 15.7. The average Bonchev–Trinajstić information content (AvgIpc) is 2.61. The van der Waals surface area contributed by atoms with Crippen LogP contribution in [0.3, 0.4) is 0 Å². The van der Waals surface area contributed by atoms with Crippen LogP contribution in [0.15, 0.2) is 72.0 Å². The number of carbonyl (C=O) groups is 1. The molecule has 26 heavy (non-hydrogen) atoms. The standard InChI is InChI=1S/C23H21ClO2/c1-23(2)13-19(25)22-18(15-8-10-17(24)11-9-15)12-20(26-21(22)14-23)16-6-4-3-5-7-16/h3-12,18H,13-14H2,1-2H3. The molecule has 0 bridgehead atoms. The van der Waals surface area contributed by atoms with E-state index in [1.54, 1.807) is 0 Å². The van der Waals surface area contributed by atoms with Crippen LogP contribution >= 0.6 is 11.6 Å². The highest BCUT2D eigenvalue weighted by Gasteiger charge is 2.40. The Kier molecular flexibility index (Phi) is 4.24. The van der Waals surface area contributed by atoms with Gasteiger partial charge in [-0.25, -0.2) is 0 Å². The summed E-state index contributed by atoms with van der Waals surface area (Å²) in [5.74, 6) is 1.71. The maximum Gasteiger partial charge on any atom is 0.163 e. The van der Waals surface area contributed by atoms with Crippen molar-refractivity contribution in [2.24, 2.45) is 5.41 Å². The molecule has 2 aromatic carbocycles. The van der Waals surface area contributed by atoms with Gasteiger partial charge in [-0.3, -0.25) is 4.79 Å². The van der Waals surface area contributed by atoms with Gasteiger partial charge in [0, 0.05) is 34.9 Å². The van der Waals surface area contributed by atoms with E-state index in [1.165, 1.54) is 0 Å². The normalized spacial score (nSPS) is 21.7. The van der Waals surface area contributed by atoms with Gasteiger partial charge in [0.25, 0.3) is 0 Å². The fourth-order valence-electron chi connectivity index (χ4n) is 3.81. The predicted molar refractivity (Wildman–Crippen MR) is 105 cm³/mol. The molecule has 1 unspecified atom stereocenters. The van der Waals surface area contributed by atoms with Gasteiger partial charge < -0.3 is 4.74 Å². The summed E-state index contributed by atoms with van der Waals surface area (Å²) in [6.07, 6.45) is 3.38. The second-order valence-corrected chi connectivity index (χ2v) is 8.24. The Morgan fingerprint density at radius 2 is 1.69 bits per heavy atom. The van der Waals surface area contributed by atoms with Gasteiger partial charge in [-0.15, -0.1) is 0 Å². The number of allylic oxidation sites excluding steroid dienone is 3. The zero-order valence-electron chi connectivity index (χ0n) is 15.0. The molecule has 0 radical (unpaired) electrons. The molecule has 2 aliphatic rings. The lowest BCUT2D eigenvalue weighted by Gasteiger charge is -2.37. The third-order valence-electron chi connectivity index (χ3n) is 5.03. The highest BCUT2D eigenvalue weighted by Crippen LogP contribution is 2.47. The largest absolute Gasteiger partial charge is 0.461 e. The molecule has 0 amide bonds. The number of hydrogen-bond donors (Lipinski definition) is 0. The molecule has 1 aliphatic heterocycles. The summed E-state index contributed by atoms with van der Waals surface area (Å²) in [7, 11) is 0. The van der Waals surface area contributed by atoms with Gasteiger partial charge in [0.05, 0.1) is 0 Å². The SMILES string of the molecule is CC1(C)CC(=O)C2=C(C1)OC(c1ccccc1)=CC2c1ccc(Cl)cc1. The summed E-state index contributed by atoms with van der Waals surface area (Å²) < 4.78 is 6.25. The lowest BCUT2D eigenvalue weighted by atomic mass is 9.71. The van der Waals surface area contributed by atoms with Crippen LogP contribution in [0.2, 0.25) is 5.02 Å². The predicted octanol–water partition coefficient (Wildman–Crippen LogP) is 6.14. The number of carbonyl (C=O) groups excluding carboxylic acids is 1. The van der Waals surface area contributed by atoms with E-state index in [0.29, 0.717) is 11.4 Å². The van der Waals surface area contributed by atoms with Gasteiger partial charge >= 0.3 is 0 Å². The van der Waals surface area contributed by atoms with E-state index in [1.807, 2.05) is 54.6 Å². The smallest absolute Gasteiger partial charge is 0.163 e. The van der Waals surface area contributed by atoms with Crippen LogP contribution in [0.5, 0.6) is 0 Å². The first-order valence-electron chi connectivity index (χ1n) is 8.90. The van der Waals surface area contributed by atoms with E-state index in [2.05, 4.69) is 19.9 Å². The van der Waals surface area contributed by atoms with Crippen LogP contribution in [0.25, 0.3) is 5.76 Å². The number of hydrogen-bond acceptors (Lipinski definition) is 2. The summed E-state index contributed by atoms with van der Waals surface area (Å²) in [5, 5.41) is 0.693. The topological polar surface area (TPSA) is 26.3 Å². The van der Waals surface area contributed by atoms with Crippen molar-refractivity contribution in [1.82, 2.24) is 0 Å². The molecule has 2 nitrogen and oxygen atoms in total. The van der Waals surface area contributed by atoms with Crippen LogP contribution in [0.4, 0.5) is 0 Å². The molecule has 0 saturated carbocycles. The van der Waals surface area contributed by atoms with Crippen molar-refractivity contribution in [2.45, 2.75) is 32.6 Å². The van der Waals surface area contributed by atoms with Gasteiger partial charge in [-0.05, 0) is 29.2 Å². The third kappa shape index (κ3) is 3.22. The molecule has 0 saturated heterocycles. The molecule has 0 fully saturated rings. The van der Waals surface area contributed by atoms with Crippen molar-refractivity contribution in [3.05, 3.63) is 88.2 Å². The van der Waals surface area contributed by atoms with Crippen LogP contribution in [-0.4, -0.2) is 5.78 Å². The van der Waals surface area contributed by atoms with Crippen molar-refractivity contribution in [3.8, 4) is 0 Å². The fourth-order valence-corrected chi connectivity index (χ4v) is 3.93. The minimum absolute atomic E-state index is 0.0837. The van der Waals surface area contributed by atoms with E-state index in [0.717, 1.165) is 34.6 Å². The third-order valence-corrected chi connectivity index (χ3v) is 5.28. The summed E-state index contributed by atoms with van der Waals surface area (Å²) in [6, 6.07) is 17.8. The lowest BCUT2D eigenvalue weighted by molar-refractivity contribution is -0.118. The number of ketones is 1. The van der Waals surface area contributed by atoms with Gasteiger partial charge in [0.1, 0.15) is 11.5 Å². The maximum atomic E-state index is 12.9. The monoisotopic (exact) mass is 364 g/mol. The Bertz CT molecular complexity index is 905. The first-order valence-corrected chi connectivity index (χ1v) is 9.27. The Morgan fingerprint density at radius 1 is 1.00 bits per heavy atom. The molecular weight excluding hydrogens is 344 g/mol. The molecule has 132 valence electrons. The van der Waals surface area contributed by atoms with E-state index in [-0.39, 0.29) is 17.1 Å². The van der Waals surface area contributed by atoms with Crippen molar-refractivity contribution < 1.29 is 9.53 Å². The second kappa shape index (κ2) is 6.44. The quantitative estimate of drug-likeness (QED) is 0.639. The van der Waals surface area contributed by atoms with E-state index < -0.39 is 0 Å². The summed E-state index contributed by atoms with van der Waals surface area (Å²) in [4.78, 5) is 12.9. The molecule has 1 aliphatic carbocycles. The molecule has 1 heterocycles. The van der Waals surface area contributed by atoms with Gasteiger partial charge in [0.15, 0.2) is 5.78 Å². The maximum absolute atomic E-state index is 12.9. The average molecular weight is 365 g/mol. The van der Waals surface area contributed by atoms with Gasteiger partial charge in [-0.1, -0.05) is 67.9 Å². The molecule has 3 heteroatoms. The van der Waals surface area contributed by atoms with E-state index in [9.17, 15) is 4.79 Å². The second-order valence-electron chi connectivity index (χ2n) is 7.81. The molecule has 4 rings (SSSR count). The summed E-state index contributed by atoms with van der Waals surface area (Å²) >= 11 is 6.06. The Balaban J connectivity index is 1.84. The van der Waals surface area contributed by atoms with Gasteiger partial charge in [-0.2, -0.15) is 0 Å². The highest BCUT2D eigenvalue weighted by molar-refractivity contribution is 6.30. The number of halogens is 1. The Morgan fingerprint density at radius 3 is 2.38 bits per heavy atom. The Hall–Kier alpha value is -2.32. The van der Waals surface area contributed by atoms with E-state index in [4.69, 9.17) is 16.3 Å². The fraction of sp³-hybridized carbons (Fsp3) is 0.261. The number of rotatable bonds is 2. The van der Waals surface area contributed by atoms with Gasteiger partial charge in [0.2, 0.25) is 0 Å². The van der Waals surface area contributed by atoms with Crippen molar-refractivity contribution in [2.75, 3.05) is 0 Å². The van der Waals surface area contributed by atoms with Crippen LogP contribution in [0.1, 0.15) is 43.7 Å². The first-order chi connectivity index (χ1) is 12.4. The minimum Gasteiger partial charge on any atom is -0.461 e. The van der Waals surface area contributed by atoms with E-state index >= 15 is 0 Å². The van der Waals surface area contributed by atoms with Crippen LogP contribution in [0, 0.1) is 5.41 Å². The number of Topliss-reactive ketones (excluding diaryl/α,β-unsaturated/α-hetero) is 1. The summed E-state index contributed by atoms with van der Waals surface area (Å²) in [5.41, 5.74) is 2.80.